The molecule has 1 saturated heterocycles. The second-order valence-electron chi connectivity index (χ2n) is 8.25. The molecule has 6 nitrogen and oxygen atoms in total. The van der Waals surface area contributed by atoms with Gasteiger partial charge in [-0.1, -0.05) is 48.5 Å². The molecule has 4 rings (SSSR count). The van der Waals surface area contributed by atoms with E-state index in [2.05, 4.69) is 4.90 Å². The molecule has 3 aromatic carbocycles. The number of hydrogen-bond donors (Lipinski definition) is 1. The van der Waals surface area contributed by atoms with Gasteiger partial charge in [-0.3, -0.25) is 4.31 Å². The van der Waals surface area contributed by atoms with Crippen molar-refractivity contribution in [1.82, 2.24) is 4.90 Å². The lowest BCUT2D eigenvalue weighted by atomic mass is 10.2. The Morgan fingerprint density at radius 1 is 0.970 bits per heavy atom. The van der Waals surface area contributed by atoms with Crippen LogP contribution in [0.25, 0.3) is 0 Å². The SMILES string of the molecule is O=S(=O)(c1ccccc1)N(Cc1cccc(OCCCN2CCC(O)C2)c1)c1ccccc1. The second-order valence-corrected chi connectivity index (χ2v) is 10.1. The molecule has 1 aliphatic rings. The fourth-order valence-electron chi connectivity index (χ4n) is 4.02. The maximum absolute atomic E-state index is 13.5. The molecule has 0 aromatic heterocycles. The number of anilines is 1. The lowest BCUT2D eigenvalue weighted by Gasteiger charge is -2.25. The quantitative estimate of drug-likeness (QED) is 0.459. The number of para-hydroxylation sites is 1. The van der Waals surface area contributed by atoms with E-state index in [1.165, 1.54) is 4.31 Å². The van der Waals surface area contributed by atoms with Crippen molar-refractivity contribution in [2.24, 2.45) is 0 Å². The number of sulfonamides is 1. The third-order valence-electron chi connectivity index (χ3n) is 5.73. The Morgan fingerprint density at radius 2 is 1.70 bits per heavy atom. The minimum Gasteiger partial charge on any atom is -0.494 e. The van der Waals surface area contributed by atoms with Gasteiger partial charge < -0.3 is 14.7 Å². The maximum atomic E-state index is 13.5. The van der Waals surface area contributed by atoms with Crippen molar-refractivity contribution >= 4 is 15.7 Å². The Morgan fingerprint density at radius 3 is 2.39 bits per heavy atom. The Kier molecular flexibility index (Phi) is 7.65. The number of rotatable bonds is 10. The molecule has 1 heterocycles. The molecule has 1 unspecified atom stereocenters. The summed E-state index contributed by atoms with van der Waals surface area (Å²) in [7, 11) is -3.73. The topological polar surface area (TPSA) is 70.1 Å². The Hall–Kier alpha value is -2.87. The summed E-state index contributed by atoms with van der Waals surface area (Å²) in [6, 6.07) is 25.2. The zero-order valence-corrected chi connectivity index (χ0v) is 19.4. The van der Waals surface area contributed by atoms with Gasteiger partial charge in [0.05, 0.1) is 29.8 Å². The molecule has 1 atom stereocenters. The van der Waals surface area contributed by atoms with Crippen LogP contribution in [0.2, 0.25) is 0 Å². The Labute approximate surface area is 196 Å². The summed E-state index contributed by atoms with van der Waals surface area (Å²) in [4.78, 5) is 2.50. The number of β-amino-alcohol motifs (C(OH)–C–C–N with tert-alkyl or cyclic N) is 1. The lowest BCUT2D eigenvalue weighted by molar-refractivity contribution is 0.173. The smallest absolute Gasteiger partial charge is 0.264 e. The van der Waals surface area contributed by atoms with Crippen LogP contribution in [-0.4, -0.2) is 50.8 Å². The first-order valence-corrected chi connectivity index (χ1v) is 12.7. The average molecular weight is 467 g/mol. The second kappa shape index (κ2) is 10.8. The van der Waals surface area contributed by atoms with E-state index < -0.39 is 10.0 Å². The van der Waals surface area contributed by atoms with Crippen molar-refractivity contribution in [2.75, 3.05) is 30.5 Å². The molecule has 0 amide bonds. The van der Waals surface area contributed by atoms with Crippen molar-refractivity contribution in [2.45, 2.75) is 30.4 Å². The van der Waals surface area contributed by atoms with E-state index in [-0.39, 0.29) is 17.5 Å². The zero-order valence-electron chi connectivity index (χ0n) is 18.6. The van der Waals surface area contributed by atoms with E-state index in [1.807, 2.05) is 42.5 Å². The van der Waals surface area contributed by atoms with Gasteiger partial charge in [0, 0.05) is 19.6 Å². The van der Waals surface area contributed by atoms with Gasteiger partial charge in [-0.2, -0.15) is 0 Å². The minimum atomic E-state index is -3.73. The number of ether oxygens (including phenoxy) is 1. The standard InChI is InChI=1S/C26H30N2O4S/c29-24-15-17-27(21-24)16-8-18-32-25-12-7-9-22(19-25)20-28(23-10-3-1-4-11-23)33(30,31)26-13-5-2-6-14-26/h1-7,9-14,19,24,29H,8,15-18,20-21H2. The Bertz CT molecular complexity index is 1120. The summed E-state index contributed by atoms with van der Waals surface area (Å²) in [6.07, 6.45) is 1.50. The van der Waals surface area contributed by atoms with Gasteiger partial charge in [0.25, 0.3) is 10.0 Å². The van der Waals surface area contributed by atoms with Crippen LogP contribution in [-0.2, 0) is 16.6 Å². The highest BCUT2D eigenvalue weighted by atomic mass is 32.2. The highest BCUT2D eigenvalue weighted by molar-refractivity contribution is 7.92. The zero-order chi connectivity index (χ0) is 23.1. The molecule has 0 bridgehead atoms. The van der Waals surface area contributed by atoms with Gasteiger partial charge in [-0.15, -0.1) is 0 Å². The Balaban J connectivity index is 1.45. The van der Waals surface area contributed by atoms with Crippen molar-refractivity contribution in [3.05, 3.63) is 90.5 Å². The van der Waals surface area contributed by atoms with Gasteiger partial charge in [-0.25, -0.2) is 8.42 Å². The molecular weight excluding hydrogens is 436 g/mol. The lowest BCUT2D eigenvalue weighted by Crippen LogP contribution is -2.30. The van der Waals surface area contributed by atoms with Gasteiger partial charge in [-0.05, 0) is 54.8 Å². The van der Waals surface area contributed by atoms with Crippen LogP contribution in [0.5, 0.6) is 5.75 Å². The largest absolute Gasteiger partial charge is 0.494 e. The molecular formula is C26H30N2O4S. The van der Waals surface area contributed by atoms with Crippen LogP contribution in [0, 0.1) is 0 Å². The van der Waals surface area contributed by atoms with Crippen LogP contribution in [0.4, 0.5) is 5.69 Å². The first-order chi connectivity index (χ1) is 16.0. The third-order valence-corrected chi connectivity index (χ3v) is 7.52. The molecule has 0 spiro atoms. The minimum absolute atomic E-state index is 0.199. The van der Waals surface area contributed by atoms with Gasteiger partial charge in [0.15, 0.2) is 0 Å². The summed E-state index contributed by atoms with van der Waals surface area (Å²) < 4.78 is 34.3. The monoisotopic (exact) mass is 466 g/mol. The summed E-state index contributed by atoms with van der Waals surface area (Å²) in [5, 5.41) is 9.63. The highest BCUT2D eigenvalue weighted by Crippen LogP contribution is 2.26. The molecule has 1 N–H and O–H groups in total. The van der Waals surface area contributed by atoms with Gasteiger partial charge in [0.1, 0.15) is 5.75 Å². The van der Waals surface area contributed by atoms with Crippen molar-refractivity contribution in [3.63, 3.8) is 0 Å². The maximum Gasteiger partial charge on any atom is 0.264 e. The van der Waals surface area contributed by atoms with Gasteiger partial charge >= 0.3 is 0 Å². The van der Waals surface area contributed by atoms with E-state index in [4.69, 9.17) is 4.74 Å². The molecule has 0 radical (unpaired) electrons. The van der Waals surface area contributed by atoms with Gasteiger partial charge in [0.2, 0.25) is 0 Å². The highest BCUT2D eigenvalue weighted by Gasteiger charge is 2.25. The number of nitrogens with zero attached hydrogens (tertiary/aromatic N) is 2. The van der Waals surface area contributed by atoms with Crippen molar-refractivity contribution in [3.8, 4) is 5.75 Å². The molecule has 0 aliphatic carbocycles. The van der Waals surface area contributed by atoms with Crippen LogP contribution in [0.3, 0.4) is 0 Å². The van der Waals surface area contributed by atoms with Crippen LogP contribution >= 0.6 is 0 Å². The molecule has 174 valence electrons. The number of aliphatic hydroxyl groups is 1. The molecule has 0 saturated carbocycles. The number of likely N-dealkylation sites (tertiary alicyclic amines) is 1. The molecule has 3 aromatic rings. The van der Waals surface area contributed by atoms with Crippen LogP contribution in [0.1, 0.15) is 18.4 Å². The van der Waals surface area contributed by atoms with Crippen LogP contribution in [0.15, 0.2) is 89.8 Å². The number of benzene rings is 3. The fourth-order valence-corrected chi connectivity index (χ4v) is 5.50. The van der Waals surface area contributed by atoms with E-state index in [0.29, 0.717) is 12.3 Å². The third kappa shape index (κ3) is 6.13. The summed E-state index contributed by atoms with van der Waals surface area (Å²) in [5.74, 6) is 0.721. The molecule has 7 heteroatoms. The van der Waals surface area contributed by atoms with Crippen molar-refractivity contribution < 1.29 is 18.3 Å². The summed E-state index contributed by atoms with van der Waals surface area (Å²) in [6.45, 7) is 3.33. The van der Waals surface area contributed by atoms with Crippen molar-refractivity contribution in [1.29, 1.82) is 0 Å². The predicted octanol–water partition coefficient (Wildman–Crippen LogP) is 3.92. The normalized spacial score (nSPS) is 16.6. The van der Waals surface area contributed by atoms with E-state index in [1.54, 1.807) is 42.5 Å². The number of aliphatic hydroxyl groups excluding tert-OH is 1. The van der Waals surface area contributed by atoms with E-state index in [0.717, 1.165) is 43.8 Å². The number of hydrogen-bond acceptors (Lipinski definition) is 5. The molecule has 1 aliphatic heterocycles. The van der Waals surface area contributed by atoms with E-state index >= 15 is 0 Å². The average Bonchev–Trinajstić information content (AvgIpc) is 3.26. The molecule has 1 fully saturated rings. The first-order valence-electron chi connectivity index (χ1n) is 11.3. The predicted molar refractivity (Wildman–Crippen MR) is 130 cm³/mol. The van der Waals surface area contributed by atoms with Crippen LogP contribution < -0.4 is 9.04 Å². The van der Waals surface area contributed by atoms with E-state index in [9.17, 15) is 13.5 Å². The first kappa shape index (κ1) is 23.3. The summed E-state index contributed by atoms with van der Waals surface area (Å²) in [5.41, 5.74) is 1.46. The summed E-state index contributed by atoms with van der Waals surface area (Å²) >= 11 is 0. The molecule has 33 heavy (non-hydrogen) atoms. The fraction of sp³-hybridized carbons (Fsp3) is 0.308.